The molecule has 136 valence electrons. The van der Waals surface area contributed by atoms with Crippen molar-refractivity contribution >= 4 is 45.7 Å². The Bertz CT molecular complexity index is 966. The number of aromatic nitrogens is 2. The Hall–Kier alpha value is -2.40. The number of hydrogen-bond acceptors (Lipinski definition) is 6. The Labute approximate surface area is 170 Å². The smallest absolute Gasteiger partial charge is 0.226 e. The van der Waals surface area contributed by atoms with Gasteiger partial charge in [0.05, 0.1) is 11.6 Å². The Balaban J connectivity index is 1.47. The van der Waals surface area contributed by atoms with Crippen molar-refractivity contribution in [3.05, 3.63) is 70.2 Å². The standard InChI is InChI=1S/C19H15ClN4OS2/c20-16-4-2-1-3-15(16)9-10-17(25)22-18-23-24-19(27-18)26-12-14-7-5-13(11-21)6-8-14/h1-8H,9-10,12H2,(H,22,23,25). The van der Waals surface area contributed by atoms with Gasteiger partial charge >= 0.3 is 0 Å². The first kappa shape index (κ1) is 19.4. The van der Waals surface area contributed by atoms with Crippen LogP contribution in [0.4, 0.5) is 5.13 Å². The van der Waals surface area contributed by atoms with Gasteiger partial charge in [0.2, 0.25) is 11.0 Å². The zero-order chi connectivity index (χ0) is 19.1. The monoisotopic (exact) mass is 414 g/mol. The van der Waals surface area contributed by atoms with Crippen molar-refractivity contribution in [3.8, 4) is 6.07 Å². The van der Waals surface area contributed by atoms with Gasteiger partial charge in [0.15, 0.2) is 4.34 Å². The molecule has 2 aromatic carbocycles. The highest BCUT2D eigenvalue weighted by Gasteiger charge is 2.10. The molecule has 0 aliphatic heterocycles. The zero-order valence-corrected chi connectivity index (χ0v) is 16.6. The van der Waals surface area contributed by atoms with E-state index >= 15 is 0 Å². The van der Waals surface area contributed by atoms with E-state index in [1.165, 1.54) is 11.3 Å². The summed E-state index contributed by atoms with van der Waals surface area (Å²) in [7, 11) is 0. The number of nitrogens with zero attached hydrogens (tertiary/aromatic N) is 3. The fourth-order valence-corrected chi connectivity index (χ4v) is 4.22. The highest BCUT2D eigenvalue weighted by Crippen LogP contribution is 2.28. The molecule has 0 unspecified atom stereocenters. The fourth-order valence-electron chi connectivity index (χ4n) is 2.27. The van der Waals surface area contributed by atoms with Crippen LogP contribution < -0.4 is 5.32 Å². The third-order valence-electron chi connectivity index (χ3n) is 3.68. The third kappa shape index (κ3) is 5.79. The lowest BCUT2D eigenvalue weighted by molar-refractivity contribution is -0.116. The molecule has 0 radical (unpaired) electrons. The van der Waals surface area contributed by atoms with Crippen LogP contribution in [0.25, 0.3) is 0 Å². The summed E-state index contributed by atoms with van der Waals surface area (Å²) in [6.45, 7) is 0. The van der Waals surface area contributed by atoms with Gasteiger partial charge in [-0.2, -0.15) is 5.26 Å². The summed E-state index contributed by atoms with van der Waals surface area (Å²) in [6.07, 6.45) is 0.904. The number of nitriles is 1. The summed E-state index contributed by atoms with van der Waals surface area (Å²) in [6, 6.07) is 17.0. The number of rotatable bonds is 7. The van der Waals surface area contributed by atoms with Crippen LogP contribution in [0.15, 0.2) is 52.9 Å². The average molecular weight is 415 g/mol. The van der Waals surface area contributed by atoms with Crippen LogP contribution >= 0.6 is 34.7 Å². The molecule has 0 bridgehead atoms. The molecule has 0 atom stereocenters. The van der Waals surface area contributed by atoms with Crippen molar-refractivity contribution in [2.24, 2.45) is 0 Å². The molecule has 1 aromatic heterocycles. The summed E-state index contributed by atoms with van der Waals surface area (Å²) in [5, 5.41) is 20.9. The molecule has 3 rings (SSSR count). The SMILES string of the molecule is N#Cc1ccc(CSc2nnc(NC(=O)CCc3ccccc3Cl)s2)cc1. The number of benzene rings is 2. The number of carbonyl (C=O) groups excluding carboxylic acids is 1. The van der Waals surface area contributed by atoms with Gasteiger partial charge in [-0.1, -0.05) is 65.0 Å². The maximum absolute atomic E-state index is 12.1. The number of carbonyl (C=O) groups is 1. The molecule has 1 N–H and O–H groups in total. The topological polar surface area (TPSA) is 78.7 Å². The van der Waals surface area contributed by atoms with Gasteiger partial charge in [-0.15, -0.1) is 10.2 Å². The number of amides is 1. The van der Waals surface area contributed by atoms with Crippen molar-refractivity contribution < 1.29 is 4.79 Å². The molecule has 0 saturated carbocycles. The van der Waals surface area contributed by atoms with Crippen LogP contribution in [0.3, 0.4) is 0 Å². The van der Waals surface area contributed by atoms with Gasteiger partial charge in [-0.25, -0.2) is 0 Å². The molecule has 27 heavy (non-hydrogen) atoms. The minimum absolute atomic E-state index is 0.116. The summed E-state index contributed by atoms with van der Waals surface area (Å²) < 4.78 is 0.778. The molecular weight excluding hydrogens is 400 g/mol. The summed E-state index contributed by atoms with van der Waals surface area (Å²) in [5.41, 5.74) is 2.69. The van der Waals surface area contributed by atoms with E-state index in [1.54, 1.807) is 23.9 Å². The molecule has 5 nitrogen and oxygen atoms in total. The lowest BCUT2D eigenvalue weighted by Crippen LogP contribution is -2.12. The van der Waals surface area contributed by atoms with E-state index in [2.05, 4.69) is 21.6 Å². The van der Waals surface area contributed by atoms with Crippen molar-refractivity contribution in [2.45, 2.75) is 22.9 Å². The maximum atomic E-state index is 12.1. The molecule has 8 heteroatoms. The largest absolute Gasteiger partial charge is 0.300 e. The Morgan fingerprint density at radius 2 is 1.96 bits per heavy atom. The predicted molar refractivity (Wildman–Crippen MR) is 109 cm³/mol. The van der Waals surface area contributed by atoms with Crippen molar-refractivity contribution in [1.82, 2.24) is 10.2 Å². The molecule has 0 saturated heterocycles. The summed E-state index contributed by atoms with van der Waals surface area (Å²) >= 11 is 8.99. The second-order valence-corrected chi connectivity index (χ2v) is 8.22. The molecule has 3 aromatic rings. The van der Waals surface area contributed by atoms with Crippen molar-refractivity contribution in [1.29, 1.82) is 5.26 Å². The minimum Gasteiger partial charge on any atom is -0.300 e. The molecule has 0 fully saturated rings. The van der Waals surface area contributed by atoms with Crippen LogP contribution in [0, 0.1) is 11.3 Å². The van der Waals surface area contributed by atoms with Crippen molar-refractivity contribution in [2.75, 3.05) is 5.32 Å². The normalized spacial score (nSPS) is 10.4. The first-order chi connectivity index (χ1) is 13.1. The molecular formula is C19H15ClN4OS2. The summed E-state index contributed by atoms with van der Waals surface area (Å²) in [4.78, 5) is 12.1. The predicted octanol–water partition coefficient (Wildman–Crippen LogP) is 4.93. The van der Waals surface area contributed by atoms with Crippen LogP contribution in [0.5, 0.6) is 0 Å². The minimum atomic E-state index is -0.116. The van der Waals surface area contributed by atoms with Crippen molar-refractivity contribution in [3.63, 3.8) is 0 Å². The lowest BCUT2D eigenvalue weighted by Gasteiger charge is -2.03. The average Bonchev–Trinajstić information content (AvgIpc) is 3.13. The van der Waals surface area contributed by atoms with Crippen LogP contribution in [0.1, 0.15) is 23.1 Å². The molecule has 0 spiro atoms. The summed E-state index contributed by atoms with van der Waals surface area (Å²) in [5.74, 6) is 0.607. The number of anilines is 1. The first-order valence-corrected chi connectivity index (χ1v) is 10.3. The third-order valence-corrected chi connectivity index (χ3v) is 6.09. The van der Waals surface area contributed by atoms with Crippen LogP contribution in [-0.4, -0.2) is 16.1 Å². The van der Waals surface area contributed by atoms with Gasteiger partial charge in [0.1, 0.15) is 0 Å². The second kappa shape index (κ2) is 9.51. The highest BCUT2D eigenvalue weighted by atomic mass is 35.5. The fraction of sp³-hybridized carbons (Fsp3) is 0.158. The first-order valence-electron chi connectivity index (χ1n) is 8.12. The molecule has 1 amide bonds. The maximum Gasteiger partial charge on any atom is 0.226 e. The Morgan fingerprint density at radius 3 is 2.70 bits per heavy atom. The number of halogens is 1. The van der Waals surface area contributed by atoms with Gasteiger partial charge in [-0.3, -0.25) is 4.79 Å². The highest BCUT2D eigenvalue weighted by molar-refractivity contribution is 8.00. The van der Waals surface area contributed by atoms with Gasteiger partial charge in [-0.05, 0) is 35.7 Å². The van der Waals surface area contributed by atoms with Crippen LogP contribution in [0.2, 0.25) is 5.02 Å². The molecule has 0 aliphatic rings. The van der Waals surface area contributed by atoms with Gasteiger partial charge < -0.3 is 5.32 Å². The van der Waals surface area contributed by atoms with E-state index in [4.69, 9.17) is 16.9 Å². The lowest BCUT2D eigenvalue weighted by atomic mass is 10.1. The van der Waals surface area contributed by atoms with E-state index in [-0.39, 0.29) is 5.91 Å². The number of aryl methyl sites for hydroxylation is 1. The number of nitrogens with one attached hydrogen (secondary N) is 1. The van der Waals surface area contributed by atoms with E-state index < -0.39 is 0 Å². The van der Waals surface area contributed by atoms with E-state index in [0.29, 0.717) is 28.6 Å². The van der Waals surface area contributed by atoms with Gasteiger partial charge in [0.25, 0.3) is 0 Å². The molecule has 1 heterocycles. The number of hydrogen-bond donors (Lipinski definition) is 1. The van der Waals surface area contributed by atoms with Gasteiger partial charge in [0, 0.05) is 17.2 Å². The van der Waals surface area contributed by atoms with E-state index in [0.717, 1.165) is 21.2 Å². The van der Waals surface area contributed by atoms with E-state index in [9.17, 15) is 4.79 Å². The second-order valence-electron chi connectivity index (χ2n) is 5.61. The van der Waals surface area contributed by atoms with E-state index in [1.807, 2.05) is 36.4 Å². The quantitative estimate of drug-likeness (QED) is 0.438. The Kier molecular flexibility index (Phi) is 6.82. The Morgan fingerprint density at radius 1 is 1.19 bits per heavy atom. The zero-order valence-electron chi connectivity index (χ0n) is 14.2. The van der Waals surface area contributed by atoms with Crippen LogP contribution in [-0.2, 0) is 17.0 Å². The molecule has 0 aliphatic carbocycles. The number of thioether (sulfide) groups is 1.